The van der Waals surface area contributed by atoms with Crippen LogP contribution in [0.5, 0.6) is 23.0 Å². The average Bonchev–Trinajstić information content (AvgIpc) is 3.96. The predicted octanol–water partition coefficient (Wildman–Crippen LogP) is 14.2. The Morgan fingerprint density at radius 3 is 1.53 bits per heavy atom. The fourth-order valence-corrected chi connectivity index (χ4v) is 10.6. The fourth-order valence-electron chi connectivity index (χ4n) is 10.6. The Morgan fingerprint density at radius 2 is 0.844 bits per heavy atom. The molecule has 298 valence electrons. The Kier molecular flexibility index (Phi) is 7.22. The first kappa shape index (κ1) is 35.0. The van der Waals surface area contributed by atoms with Crippen LogP contribution in [-0.4, -0.2) is 19.5 Å². The zero-order valence-electron chi connectivity index (χ0n) is 34.2. The standard InChI is InChI=1S/C58H34N4O2/c1-3-15-35(16-4-1)55-59-56(36-17-5-2-6-18-36)61-57(60-55)62-49-24-12-9-21-42(49)44-31-37(28-30-50(44)62)38-27-29-41-43-33-53-54(64-52-26-14-13-25-51(52)63-53)34-48(43)58(47(41)32-38)45-22-10-7-19-39(45)40-20-8-11-23-46(40)58/h1-34H. The van der Waals surface area contributed by atoms with Gasteiger partial charge in [-0.15, -0.1) is 0 Å². The third-order valence-electron chi connectivity index (χ3n) is 13.3. The summed E-state index contributed by atoms with van der Waals surface area (Å²) in [6, 6.07) is 72.7. The third kappa shape index (κ3) is 4.87. The molecule has 0 saturated heterocycles. The molecule has 2 aliphatic carbocycles. The molecule has 14 rings (SSSR count). The molecule has 0 bridgehead atoms. The van der Waals surface area contributed by atoms with Crippen molar-refractivity contribution in [2.75, 3.05) is 0 Å². The van der Waals surface area contributed by atoms with Gasteiger partial charge in [-0.1, -0.05) is 158 Å². The molecule has 0 atom stereocenters. The minimum Gasteiger partial charge on any atom is -0.450 e. The number of aromatic nitrogens is 4. The van der Waals surface area contributed by atoms with Gasteiger partial charge in [0.05, 0.1) is 16.4 Å². The van der Waals surface area contributed by atoms with Crippen molar-refractivity contribution < 1.29 is 9.47 Å². The molecule has 0 fully saturated rings. The summed E-state index contributed by atoms with van der Waals surface area (Å²) in [5.74, 6) is 4.69. The molecule has 6 nitrogen and oxygen atoms in total. The second kappa shape index (κ2) is 13.2. The molecule has 1 spiro atoms. The van der Waals surface area contributed by atoms with Crippen LogP contribution in [0.2, 0.25) is 0 Å². The van der Waals surface area contributed by atoms with Crippen LogP contribution >= 0.6 is 0 Å². The molecular formula is C58H34N4O2. The van der Waals surface area contributed by atoms with Gasteiger partial charge >= 0.3 is 0 Å². The van der Waals surface area contributed by atoms with E-state index in [1.807, 2.05) is 84.9 Å². The maximum atomic E-state index is 6.60. The minimum absolute atomic E-state index is 0.571. The smallest absolute Gasteiger partial charge is 0.238 e. The van der Waals surface area contributed by atoms with E-state index in [-0.39, 0.29) is 0 Å². The SMILES string of the molecule is c1ccc(-c2nc(-c3ccccc3)nc(-n3c4ccccc4c4cc(-c5ccc6c(c5)C5(c7ccccc7-c7ccccc75)c5cc7c(cc5-6)Oc5ccccc5O7)ccc43)n2)cc1. The lowest BCUT2D eigenvalue weighted by Gasteiger charge is -2.31. The molecule has 3 heterocycles. The minimum atomic E-state index is -0.574. The monoisotopic (exact) mass is 818 g/mol. The maximum Gasteiger partial charge on any atom is 0.238 e. The quantitative estimate of drug-likeness (QED) is 0.177. The molecule has 3 aliphatic rings. The van der Waals surface area contributed by atoms with Crippen LogP contribution in [0, 0.1) is 0 Å². The summed E-state index contributed by atoms with van der Waals surface area (Å²) in [6.07, 6.45) is 0. The van der Waals surface area contributed by atoms with Gasteiger partial charge in [-0.3, -0.25) is 4.57 Å². The van der Waals surface area contributed by atoms with Crippen LogP contribution in [0.15, 0.2) is 206 Å². The second-order valence-corrected chi connectivity index (χ2v) is 16.7. The summed E-state index contributed by atoms with van der Waals surface area (Å²) in [6.45, 7) is 0. The fraction of sp³-hybridized carbons (Fsp3) is 0.0172. The van der Waals surface area contributed by atoms with Crippen molar-refractivity contribution in [2.45, 2.75) is 5.41 Å². The molecule has 6 heteroatoms. The Morgan fingerprint density at radius 1 is 0.328 bits per heavy atom. The summed E-state index contributed by atoms with van der Waals surface area (Å²) in [5, 5.41) is 2.24. The van der Waals surface area contributed by atoms with Gasteiger partial charge in [0.1, 0.15) is 0 Å². The molecule has 1 aliphatic heterocycles. The molecule has 0 unspecified atom stereocenters. The lowest BCUT2D eigenvalue weighted by Crippen LogP contribution is -2.26. The Labute approximate surface area is 368 Å². The van der Waals surface area contributed by atoms with Crippen molar-refractivity contribution in [3.63, 3.8) is 0 Å². The number of nitrogens with zero attached hydrogens (tertiary/aromatic N) is 4. The number of hydrogen-bond acceptors (Lipinski definition) is 5. The maximum absolute atomic E-state index is 6.60. The average molecular weight is 819 g/mol. The van der Waals surface area contributed by atoms with E-state index in [9.17, 15) is 0 Å². The van der Waals surface area contributed by atoms with Gasteiger partial charge in [-0.2, -0.15) is 9.97 Å². The summed E-state index contributed by atoms with van der Waals surface area (Å²) >= 11 is 0. The van der Waals surface area contributed by atoms with E-state index in [1.165, 1.54) is 38.9 Å². The van der Waals surface area contributed by atoms with Crippen LogP contribution < -0.4 is 9.47 Å². The lowest BCUT2D eigenvalue weighted by atomic mass is 9.70. The van der Waals surface area contributed by atoms with Gasteiger partial charge < -0.3 is 9.47 Å². The van der Waals surface area contributed by atoms with Crippen molar-refractivity contribution >= 4 is 21.8 Å². The van der Waals surface area contributed by atoms with E-state index in [4.69, 9.17) is 24.4 Å². The third-order valence-corrected chi connectivity index (χ3v) is 13.3. The molecule has 2 aromatic heterocycles. The van der Waals surface area contributed by atoms with Crippen molar-refractivity contribution in [2.24, 2.45) is 0 Å². The molecule has 0 N–H and O–H groups in total. The van der Waals surface area contributed by atoms with Gasteiger partial charge in [0.15, 0.2) is 34.6 Å². The van der Waals surface area contributed by atoms with Gasteiger partial charge in [0, 0.05) is 21.9 Å². The van der Waals surface area contributed by atoms with Gasteiger partial charge in [-0.25, -0.2) is 4.98 Å². The number of rotatable bonds is 4. The van der Waals surface area contributed by atoms with Crippen LogP contribution in [0.25, 0.3) is 83.9 Å². The number of ether oxygens (including phenoxy) is 2. The van der Waals surface area contributed by atoms with E-state index in [0.29, 0.717) is 17.6 Å². The Balaban J connectivity index is 0.973. The summed E-state index contributed by atoms with van der Waals surface area (Å²) in [5.41, 5.74) is 15.4. The molecule has 9 aromatic carbocycles. The highest BCUT2D eigenvalue weighted by atomic mass is 16.6. The van der Waals surface area contributed by atoms with Crippen LogP contribution in [-0.2, 0) is 5.41 Å². The van der Waals surface area contributed by atoms with Crippen LogP contribution in [0.3, 0.4) is 0 Å². The van der Waals surface area contributed by atoms with E-state index < -0.39 is 5.41 Å². The van der Waals surface area contributed by atoms with E-state index >= 15 is 0 Å². The lowest BCUT2D eigenvalue weighted by molar-refractivity contribution is 0.359. The van der Waals surface area contributed by atoms with Crippen molar-refractivity contribution in [3.8, 4) is 85.1 Å². The van der Waals surface area contributed by atoms with Crippen molar-refractivity contribution in [3.05, 3.63) is 229 Å². The van der Waals surface area contributed by atoms with Crippen LogP contribution in [0.4, 0.5) is 0 Å². The van der Waals surface area contributed by atoms with E-state index in [0.717, 1.165) is 72.6 Å². The zero-order chi connectivity index (χ0) is 41.9. The van der Waals surface area contributed by atoms with E-state index in [1.54, 1.807) is 0 Å². The Bertz CT molecular complexity index is 3640. The second-order valence-electron chi connectivity index (χ2n) is 16.7. The highest BCUT2D eigenvalue weighted by Crippen LogP contribution is 2.65. The predicted molar refractivity (Wildman–Crippen MR) is 253 cm³/mol. The first-order valence-electron chi connectivity index (χ1n) is 21.6. The first-order valence-corrected chi connectivity index (χ1v) is 21.6. The van der Waals surface area contributed by atoms with Gasteiger partial charge in [-0.05, 0) is 104 Å². The summed E-state index contributed by atoms with van der Waals surface area (Å²) in [4.78, 5) is 15.3. The molecular weight excluding hydrogens is 785 g/mol. The van der Waals surface area contributed by atoms with Gasteiger partial charge in [0.2, 0.25) is 5.95 Å². The molecule has 0 radical (unpaired) electrons. The topological polar surface area (TPSA) is 62.1 Å². The first-order chi connectivity index (χ1) is 31.7. The molecule has 11 aromatic rings. The molecule has 0 amide bonds. The zero-order valence-corrected chi connectivity index (χ0v) is 34.2. The number of benzene rings is 9. The number of para-hydroxylation sites is 3. The van der Waals surface area contributed by atoms with Crippen molar-refractivity contribution in [1.82, 2.24) is 19.5 Å². The summed E-state index contributed by atoms with van der Waals surface area (Å²) < 4.78 is 15.3. The molecule has 0 saturated carbocycles. The van der Waals surface area contributed by atoms with Gasteiger partial charge in [0.25, 0.3) is 0 Å². The number of fused-ring (bicyclic) bond motifs is 15. The van der Waals surface area contributed by atoms with Crippen molar-refractivity contribution in [1.29, 1.82) is 0 Å². The highest BCUT2D eigenvalue weighted by molar-refractivity contribution is 6.10. The Hall–Kier alpha value is -8.61. The summed E-state index contributed by atoms with van der Waals surface area (Å²) in [7, 11) is 0. The normalized spacial score (nSPS) is 13.4. The number of hydrogen-bond donors (Lipinski definition) is 0. The largest absolute Gasteiger partial charge is 0.450 e. The van der Waals surface area contributed by atoms with E-state index in [2.05, 4.69) is 126 Å². The highest BCUT2D eigenvalue weighted by Gasteiger charge is 2.52. The molecule has 64 heavy (non-hydrogen) atoms. The van der Waals surface area contributed by atoms with Crippen LogP contribution in [0.1, 0.15) is 22.3 Å².